The molecule has 0 N–H and O–H groups in total. The van der Waals surface area contributed by atoms with Gasteiger partial charge in [-0.3, -0.25) is 9.69 Å². The SMILES string of the molecule is O=C1C(=Cc2ccccc2Cl)SC(=S)N1c1ccc(Oc2ccccc2)cc1. The highest BCUT2D eigenvalue weighted by atomic mass is 35.5. The number of carbonyl (C=O) groups is 1. The van der Waals surface area contributed by atoms with Crippen LogP contribution >= 0.6 is 35.6 Å². The molecule has 0 aliphatic carbocycles. The van der Waals surface area contributed by atoms with E-state index < -0.39 is 0 Å². The number of hydrogen-bond acceptors (Lipinski definition) is 4. The highest BCUT2D eigenvalue weighted by Gasteiger charge is 2.33. The number of thioether (sulfide) groups is 1. The number of amides is 1. The molecule has 1 saturated heterocycles. The maximum Gasteiger partial charge on any atom is 0.270 e. The van der Waals surface area contributed by atoms with E-state index in [9.17, 15) is 4.79 Å². The van der Waals surface area contributed by atoms with Gasteiger partial charge >= 0.3 is 0 Å². The molecule has 0 bridgehead atoms. The number of anilines is 1. The van der Waals surface area contributed by atoms with E-state index in [1.807, 2.05) is 72.8 Å². The van der Waals surface area contributed by atoms with E-state index in [-0.39, 0.29) is 5.91 Å². The van der Waals surface area contributed by atoms with Crippen LogP contribution in [-0.2, 0) is 4.79 Å². The summed E-state index contributed by atoms with van der Waals surface area (Å²) in [6, 6.07) is 24.2. The summed E-state index contributed by atoms with van der Waals surface area (Å²) in [7, 11) is 0. The molecule has 0 spiro atoms. The molecule has 1 aliphatic heterocycles. The molecule has 0 atom stereocenters. The van der Waals surface area contributed by atoms with Crippen molar-refractivity contribution in [2.24, 2.45) is 0 Å². The normalized spacial score (nSPS) is 15.3. The van der Waals surface area contributed by atoms with Crippen LogP contribution in [0.5, 0.6) is 11.5 Å². The molecule has 0 unspecified atom stereocenters. The maximum absolute atomic E-state index is 12.9. The number of carbonyl (C=O) groups excluding carboxylic acids is 1. The summed E-state index contributed by atoms with van der Waals surface area (Å²) < 4.78 is 6.28. The average molecular weight is 424 g/mol. The van der Waals surface area contributed by atoms with Crippen molar-refractivity contribution in [3.05, 3.63) is 94.4 Å². The zero-order chi connectivity index (χ0) is 19.5. The molecule has 28 heavy (non-hydrogen) atoms. The summed E-state index contributed by atoms with van der Waals surface area (Å²) in [5, 5.41) is 0.593. The van der Waals surface area contributed by atoms with Gasteiger partial charge in [-0.05, 0) is 54.1 Å². The third kappa shape index (κ3) is 3.97. The molecule has 3 aromatic carbocycles. The largest absolute Gasteiger partial charge is 0.457 e. The summed E-state index contributed by atoms with van der Waals surface area (Å²) in [6.45, 7) is 0. The predicted octanol–water partition coefficient (Wildman–Crippen LogP) is 6.54. The first-order valence-corrected chi connectivity index (χ1v) is 10.1. The van der Waals surface area contributed by atoms with Crippen molar-refractivity contribution < 1.29 is 9.53 Å². The van der Waals surface area contributed by atoms with Crippen LogP contribution < -0.4 is 9.64 Å². The first-order valence-electron chi connectivity index (χ1n) is 8.47. The minimum Gasteiger partial charge on any atom is -0.457 e. The lowest BCUT2D eigenvalue weighted by molar-refractivity contribution is -0.113. The summed E-state index contributed by atoms with van der Waals surface area (Å²) in [5.74, 6) is 1.28. The monoisotopic (exact) mass is 423 g/mol. The second kappa shape index (κ2) is 8.19. The Morgan fingerprint density at radius 3 is 2.25 bits per heavy atom. The highest BCUT2D eigenvalue weighted by Crippen LogP contribution is 2.37. The van der Waals surface area contributed by atoms with Gasteiger partial charge in [0.05, 0.1) is 10.6 Å². The number of halogens is 1. The van der Waals surface area contributed by atoms with E-state index in [2.05, 4.69) is 0 Å². The van der Waals surface area contributed by atoms with Crippen LogP contribution in [0.4, 0.5) is 5.69 Å². The van der Waals surface area contributed by atoms with Gasteiger partial charge in [0.1, 0.15) is 11.5 Å². The molecule has 1 heterocycles. The van der Waals surface area contributed by atoms with Crippen LogP contribution in [0.3, 0.4) is 0 Å². The summed E-state index contributed by atoms with van der Waals surface area (Å²) >= 11 is 12.9. The Labute approximate surface area is 177 Å². The smallest absolute Gasteiger partial charge is 0.270 e. The molecule has 0 aromatic heterocycles. The van der Waals surface area contributed by atoms with Crippen LogP contribution in [0.25, 0.3) is 6.08 Å². The van der Waals surface area contributed by atoms with Crippen molar-refractivity contribution in [3.8, 4) is 11.5 Å². The Balaban J connectivity index is 1.55. The number of thiocarbonyl (C=S) groups is 1. The van der Waals surface area contributed by atoms with Crippen molar-refractivity contribution in [1.82, 2.24) is 0 Å². The van der Waals surface area contributed by atoms with E-state index in [0.717, 1.165) is 11.3 Å². The van der Waals surface area contributed by atoms with E-state index in [1.165, 1.54) is 16.7 Å². The molecular formula is C22H14ClNO2S2. The molecule has 6 heteroatoms. The van der Waals surface area contributed by atoms with Crippen LogP contribution in [0.2, 0.25) is 5.02 Å². The molecule has 138 valence electrons. The summed E-state index contributed by atoms with van der Waals surface area (Å²) in [4.78, 5) is 14.9. The minimum absolute atomic E-state index is 0.161. The number of ether oxygens (including phenoxy) is 1. The zero-order valence-corrected chi connectivity index (χ0v) is 16.9. The topological polar surface area (TPSA) is 29.5 Å². The number of hydrogen-bond donors (Lipinski definition) is 0. The van der Waals surface area contributed by atoms with Gasteiger partial charge in [-0.1, -0.05) is 72.0 Å². The molecular weight excluding hydrogens is 410 g/mol. The maximum atomic E-state index is 12.9. The van der Waals surface area contributed by atoms with Crippen LogP contribution in [0.15, 0.2) is 83.8 Å². The third-order valence-corrected chi connectivity index (χ3v) is 5.71. The lowest BCUT2D eigenvalue weighted by atomic mass is 10.2. The second-order valence-corrected chi connectivity index (χ2v) is 8.03. The van der Waals surface area contributed by atoms with Gasteiger partial charge in [0.25, 0.3) is 5.91 Å². The molecule has 3 aromatic rings. The van der Waals surface area contributed by atoms with E-state index in [4.69, 9.17) is 28.6 Å². The first-order chi connectivity index (χ1) is 13.6. The standard InChI is InChI=1S/C22H14ClNO2S2/c23-19-9-5-4-6-15(19)14-20-21(25)24(22(27)28-20)16-10-12-18(13-11-16)26-17-7-2-1-3-8-17/h1-14H. The van der Waals surface area contributed by atoms with E-state index in [1.54, 1.807) is 12.1 Å². The van der Waals surface area contributed by atoms with Crippen molar-refractivity contribution in [3.63, 3.8) is 0 Å². The van der Waals surface area contributed by atoms with Crippen LogP contribution in [0.1, 0.15) is 5.56 Å². The molecule has 3 nitrogen and oxygen atoms in total. The van der Waals surface area contributed by atoms with Gasteiger partial charge in [0, 0.05) is 5.02 Å². The Morgan fingerprint density at radius 1 is 0.893 bits per heavy atom. The molecule has 1 amide bonds. The van der Waals surface area contributed by atoms with Gasteiger partial charge in [-0.2, -0.15) is 0 Å². The van der Waals surface area contributed by atoms with E-state index >= 15 is 0 Å². The number of para-hydroxylation sites is 1. The lowest BCUT2D eigenvalue weighted by Gasteiger charge is -2.15. The quantitative estimate of drug-likeness (QED) is 0.352. The number of nitrogens with zero attached hydrogens (tertiary/aromatic N) is 1. The molecule has 0 saturated carbocycles. The minimum atomic E-state index is -0.161. The zero-order valence-electron chi connectivity index (χ0n) is 14.5. The lowest BCUT2D eigenvalue weighted by Crippen LogP contribution is -2.27. The number of rotatable bonds is 4. The van der Waals surface area contributed by atoms with Gasteiger partial charge in [0.15, 0.2) is 4.32 Å². The summed E-state index contributed by atoms with van der Waals surface area (Å²) in [5.41, 5.74) is 1.49. The van der Waals surface area contributed by atoms with Gasteiger partial charge in [-0.25, -0.2) is 0 Å². The molecule has 1 fully saturated rings. The Kier molecular flexibility index (Phi) is 5.48. The van der Waals surface area contributed by atoms with Crippen molar-refractivity contribution >= 4 is 57.6 Å². The molecule has 0 radical (unpaired) electrons. The van der Waals surface area contributed by atoms with Gasteiger partial charge < -0.3 is 4.74 Å². The Hall–Kier alpha value is -2.60. The fourth-order valence-corrected chi connectivity index (χ4v) is 4.19. The average Bonchev–Trinajstić information content (AvgIpc) is 2.98. The van der Waals surface area contributed by atoms with Crippen LogP contribution in [0, 0.1) is 0 Å². The fraction of sp³-hybridized carbons (Fsp3) is 0. The Bertz CT molecular complexity index is 1070. The second-order valence-electron chi connectivity index (χ2n) is 5.95. The molecule has 4 rings (SSSR count). The van der Waals surface area contributed by atoms with Crippen molar-refractivity contribution in [1.29, 1.82) is 0 Å². The van der Waals surface area contributed by atoms with E-state index in [0.29, 0.717) is 25.7 Å². The first kappa shape index (κ1) is 18.7. The predicted molar refractivity (Wildman–Crippen MR) is 120 cm³/mol. The number of benzene rings is 3. The van der Waals surface area contributed by atoms with Crippen molar-refractivity contribution in [2.75, 3.05) is 4.90 Å². The van der Waals surface area contributed by atoms with Gasteiger partial charge in [0.2, 0.25) is 0 Å². The summed E-state index contributed by atoms with van der Waals surface area (Å²) in [6.07, 6.45) is 1.77. The van der Waals surface area contributed by atoms with Crippen molar-refractivity contribution in [2.45, 2.75) is 0 Å². The third-order valence-electron chi connectivity index (χ3n) is 4.06. The highest BCUT2D eigenvalue weighted by molar-refractivity contribution is 8.27. The van der Waals surface area contributed by atoms with Crippen LogP contribution in [-0.4, -0.2) is 10.2 Å². The Morgan fingerprint density at radius 2 is 1.54 bits per heavy atom. The molecule has 1 aliphatic rings. The van der Waals surface area contributed by atoms with Gasteiger partial charge in [-0.15, -0.1) is 0 Å². The fourth-order valence-electron chi connectivity index (χ4n) is 2.71.